The molecule has 2 aromatic rings. The van der Waals surface area contributed by atoms with Crippen LogP contribution >= 0.6 is 0 Å². The smallest absolute Gasteiger partial charge is 0.404 e. The lowest BCUT2D eigenvalue weighted by molar-refractivity contribution is -0.274. The Hall–Kier alpha value is -2.51. The zero-order valence-corrected chi connectivity index (χ0v) is 11.0. The van der Waals surface area contributed by atoms with E-state index in [1.54, 1.807) is 19.2 Å². The van der Waals surface area contributed by atoms with Gasteiger partial charge in [0.2, 0.25) is 5.91 Å². The molecule has 1 heterocycles. The van der Waals surface area contributed by atoms with Crippen molar-refractivity contribution in [2.75, 3.05) is 5.32 Å². The highest BCUT2D eigenvalue weighted by molar-refractivity contribution is 5.94. The molecule has 21 heavy (non-hydrogen) atoms. The maximum Gasteiger partial charge on any atom is 0.573 e. The van der Waals surface area contributed by atoms with E-state index in [0.29, 0.717) is 0 Å². The second-order valence-electron chi connectivity index (χ2n) is 4.20. The van der Waals surface area contributed by atoms with E-state index in [1.807, 2.05) is 0 Å². The number of carbonyl (C=O) groups is 1. The first kappa shape index (κ1) is 14.9. The first-order valence-corrected chi connectivity index (χ1v) is 6.01. The van der Waals surface area contributed by atoms with Crippen LogP contribution in [-0.2, 0) is 4.79 Å². The fourth-order valence-corrected chi connectivity index (χ4v) is 1.65. The number of amides is 1. The van der Waals surface area contributed by atoms with Crippen molar-refractivity contribution in [1.29, 1.82) is 0 Å². The first-order chi connectivity index (χ1) is 9.87. The highest BCUT2D eigenvalue weighted by atomic mass is 19.4. The number of benzene rings is 1. The van der Waals surface area contributed by atoms with E-state index in [-0.39, 0.29) is 5.69 Å². The number of anilines is 1. The number of rotatable bonds is 4. The summed E-state index contributed by atoms with van der Waals surface area (Å²) in [5, 5.41) is 6.30. The topological polar surface area (TPSA) is 56.1 Å². The van der Waals surface area contributed by atoms with Gasteiger partial charge < -0.3 is 10.1 Å². The number of para-hydroxylation sites is 2. The molecule has 0 radical (unpaired) electrons. The molecule has 0 saturated carbocycles. The van der Waals surface area contributed by atoms with Gasteiger partial charge in [0.15, 0.2) is 5.75 Å². The first-order valence-electron chi connectivity index (χ1n) is 6.01. The summed E-state index contributed by atoms with van der Waals surface area (Å²) in [6.07, 6.45) is -1.73. The van der Waals surface area contributed by atoms with Crippen molar-refractivity contribution in [3.63, 3.8) is 0 Å². The van der Waals surface area contributed by atoms with Crippen molar-refractivity contribution in [2.45, 2.75) is 19.3 Å². The molecule has 1 unspecified atom stereocenters. The van der Waals surface area contributed by atoms with Gasteiger partial charge >= 0.3 is 6.36 Å². The van der Waals surface area contributed by atoms with Gasteiger partial charge in [-0.15, -0.1) is 13.2 Å². The van der Waals surface area contributed by atoms with E-state index in [2.05, 4.69) is 15.2 Å². The van der Waals surface area contributed by atoms with Crippen LogP contribution in [0.2, 0.25) is 0 Å². The summed E-state index contributed by atoms with van der Waals surface area (Å²) in [6, 6.07) is 6.31. The summed E-state index contributed by atoms with van der Waals surface area (Å²) in [5.41, 5.74) is -0.0566. The number of carbonyl (C=O) groups excluding carboxylic acids is 1. The average molecular weight is 299 g/mol. The number of hydrogen-bond acceptors (Lipinski definition) is 3. The molecule has 112 valence electrons. The summed E-state index contributed by atoms with van der Waals surface area (Å²) >= 11 is 0. The molecule has 8 heteroatoms. The van der Waals surface area contributed by atoms with Crippen LogP contribution in [0, 0.1) is 0 Å². The summed E-state index contributed by atoms with van der Waals surface area (Å²) < 4.78 is 42.1. The van der Waals surface area contributed by atoms with Crippen molar-refractivity contribution < 1.29 is 22.7 Å². The zero-order chi connectivity index (χ0) is 15.5. The zero-order valence-electron chi connectivity index (χ0n) is 11.0. The van der Waals surface area contributed by atoms with Crippen LogP contribution in [0.1, 0.15) is 13.0 Å². The summed E-state index contributed by atoms with van der Waals surface area (Å²) in [4.78, 5) is 12.0. The van der Waals surface area contributed by atoms with Gasteiger partial charge in [-0.2, -0.15) is 5.10 Å². The largest absolute Gasteiger partial charge is 0.573 e. The van der Waals surface area contributed by atoms with Crippen LogP contribution in [0.4, 0.5) is 18.9 Å². The van der Waals surface area contributed by atoms with Crippen LogP contribution in [0.5, 0.6) is 5.75 Å². The van der Waals surface area contributed by atoms with Crippen molar-refractivity contribution in [3.8, 4) is 5.75 Å². The number of nitrogens with zero attached hydrogens (tertiary/aromatic N) is 2. The Morgan fingerprint density at radius 2 is 2.05 bits per heavy atom. The normalized spacial score (nSPS) is 12.8. The number of nitrogens with one attached hydrogen (secondary N) is 1. The van der Waals surface area contributed by atoms with E-state index in [0.717, 1.165) is 6.07 Å². The van der Waals surface area contributed by atoms with Gasteiger partial charge in [-0.25, -0.2) is 0 Å². The molecule has 1 aromatic carbocycles. The molecule has 1 amide bonds. The lowest BCUT2D eigenvalue weighted by Crippen LogP contribution is -2.25. The molecule has 0 saturated heterocycles. The van der Waals surface area contributed by atoms with Crippen LogP contribution in [0.25, 0.3) is 0 Å². The van der Waals surface area contributed by atoms with Gasteiger partial charge in [0.05, 0.1) is 5.69 Å². The van der Waals surface area contributed by atoms with Gasteiger partial charge in [-0.05, 0) is 25.1 Å². The van der Waals surface area contributed by atoms with Gasteiger partial charge in [-0.3, -0.25) is 9.48 Å². The minimum Gasteiger partial charge on any atom is -0.404 e. The van der Waals surface area contributed by atoms with Gasteiger partial charge in [-0.1, -0.05) is 12.1 Å². The quantitative estimate of drug-likeness (QED) is 0.944. The van der Waals surface area contributed by atoms with E-state index >= 15 is 0 Å². The summed E-state index contributed by atoms with van der Waals surface area (Å²) in [5.74, 6) is -0.970. The molecular weight excluding hydrogens is 287 g/mol. The predicted molar refractivity (Wildman–Crippen MR) is 68.7 cm³/mol. The summed E-state index contributed by atoms with van der Waals surface area (Å²) in [7, 11) is 0. The number of ether oxygens (including phenoxy) is 1. The Balaban J connectivity index is 2.14. The molecule has 0 aliphatic carbocycles. The second-order valence-corrected chi connectivity index (χ2v) is 4.20. The lowest BCUT2D eigenvalue weighted by Gasteiger charge is -2.16. The minimum atomic E-state index is -4.82. The third kappa shape index (κ3) is 3.98. The molecule has 0 aliphatic rings. The van der Waals surface area contributed by atoms with Crippen molar-refractivity contribution in [2.24, 2.45) is 0 Å². The fraction of sp³-hybridized carbons (Fsp3) is 0.231. The molecule has 2 rings (SSSR count). The van der Waals surface area contributed by atoms with Crippen LogP contribution in [0.3, 0.4) is 0 Å². The minimum absolute atomic E-state index is 0.0566. The standard InChI is InChI=1S/C13H12F3N3O2/c1-9(19-8-4-7-17-19)12(20)18-10-5-2-3-6-11(10)21-13(14,15)16/h2-9H,1H3,(H,18,20). The molecular formula is C13H12F3N3O2. The highest BCUT2D eigenvalue weighted by Gasteiger charge is 2.32. The second kappa shape index (κ2) is 5.86. The Bertz CT molecular complexity index is 611. The molecule has 1 aromatic heterocycles. The molecule has 1 atom stereocenters. The predicted octanol–water partition coefficient (Wildman–Crippen LogP) is 2.98. The SMILES string of the molecule is CC(C(=O)Nc1ccccc1OC(F)(F)F)n1cccn1. The van der Waals surface area contributed by atoms with E-state index in [9.17, 15) is 18.0 Å². The van der Waals surface area contributed by atoms with Gasteiger partial charge in [0.1, 0.15) is 6.04 Å². The maximum absolute atomic E-state index is 12.3. The Morgan fingerprint density at radius 3 is 2.67 bits per heavy atom. The monoisotopic (exact) mass is 299 g/mol. The maximum atomic E-state index is 12.3. The average Bonchev–Trinajstić information content (AvgIpc) is 2.92. The third-order valence-corrected chi connectivity index (χ3v) is 2.67. The number of hydrogen-bond donors (Lipinski definition) is 1. The van der Waals surface area contributed by atoms with E-state index < -0.39 is 24.1 Å². The lowest BCUT2D eigenvalue weighted by atomic mass is 10.2. The Labute approximate surface area is 118 Å². The molecule has 0 bridgehead atoms. The third-order valence-electron chi connectivity index (χ3n) is 2.67. The van der Waals surface area contributed by atoms with Crippen LogP contribution in [-0.4, -0.2) is 22.1 Å². The number of halogens is 3. The highest BCUT2D eigenvalue weighted by Crippen LogP contribution is 2.30. The molecule has 5 nitrogen and oxygen atoms in total. The molecule has 0 fully saturated rings. The Morgan fingerprint density at radius 1 is 1.33 bits per heavy atom. The molecule has 1 N–H and O–H groups in total. The van der Waals surface area contributed by atoms with E-state index in [1.165, 1.54) is 29.1 Å². The van der Waals surface area contributed by atoms with Crippen molar-refractivity contribution in [1.82, 2.24) is 9.78 Å². The van der Waals surface area contributed by atoms with Crippen LogP contribution in [0.15, 0.2) is 42.7 Å². The molecule has 0 aliphatic heterocycles. The van der Waals surface area contributed by atoms with Crippen molar-refractivity contribution >= 4 is 11.6 Å². The van der Waals surface area contributed by atoms with E-state index in [4.69, 9.17) is 0 Å². The van der Waals surface area contributed by atoms with Crippen LogP contribution < -0.4 is 10.1 Å². The Kier molecular flexibility index (Phi) is 4.15. The van der Waals surface area contributed by atoms with Gasteiger partial charge in [0.25, 0.3) is 0 Å². The molecule has 0 spiro atoms. The van der Waals surface area contributed by atoms with Crippen molar-refractivity contribution in [3.05, 3.63) is 42.7 Å². The fourth-order valence-electron chi connectivity index (χ4n) is 1.65. The summed E-state index contributed by atoms with van der Waals surface area (Å²) in [6.45, 7) is 1.58. The number of aromatic nitrogens is 2. The number of alkyl halides is 3. The van der Waals surface area contributed by atoms with Gasteiger partial charge in [0, 0.05) is 12.4 Å².